The lowest BCUT2D eigenvalue weighted by molar-refractivity contribution is -0.139. The van der Waals surface area contributed by atoms with E-state index in [0.717, 1.165) is 10.4 Å². The maximum absolute atomic E-state index is 11.8. The molecule has 6 heteroatoms. The summed E-state index contributed by atoms with van der Waals surface area (Å²) in [4.78, 5) is 24.7. The normalized spacial score (nSPS) is 12.0. The van der Waals surface area contributed by atoms with E-state index in [1.54, 1.807) is 0 Å². The Morgan fingerprint density at radius 3 is 2.65 bits per heavy atom. The Morgan fingerprint density at radius 2 is 2.18 bits per heavy atom. The average Bonchev–Trinajstić information content (AvgIpc) is 2.65. The van der Waals surface area contributed by atoms with Crippen molar-refractivity contribution in [2.75, 3.05) is 13.7 Å². The van der Waals surface area contributed by atoms with E-state index in [1.165, 1.54) is 18.4 Å². The van der Waals surface area contributed by atoms with Crippen LogP contribution in [0.1, 0.15) is 20.1 Å². The summed E-state index contributed by atoms with van der Waals surface area (Å²) in [5.41, 5.74) is 1.11. The second kappa shape index (κ2) is 6.34. The lowest BCUT2D eigenvalue weighted by Gasteiger charge is -2.08. The molecule has 1 aromatic heterocycles. The third-order valence-corrected chi connectivity index (χ3v) is 4.39. The Morgan fingerprint density at radius 1 is 1.53 bits per heavy atom. The molecule has 1 rings (SSSR count). The number of halogens is 1. The predicted molar refractivity (Wildman–Crippen MR) is 76.0 cm³/mol. The quantitative estimate of drug-likeness (QED) is 0.504. The molecule has 1 heterocycles. The van der Waals surface area contributed by atoms with Gasteiger partial charge in [-0.3, -0.25) is 9.59 Å². The van der Waals surface area contributed by atoms with Gasteiger partial charge in [0.25, 0.3) is 5.91 Å². The van der Waals surface area contributed by atoms with E-state index in [2.05, 4.69) is 10.1 Å². The molecule has 0 radical (unpaired) electrons. The van der Waals surface area contributed by atoms with Gasteiger partial charge in [-0.15, -0.1) is 11.3 Å². The third kappa shape index (κ3) is 3.95. The van der Waals surface area contributed by atoms with Gasteiger partial charge in [0.05, 0.1) is 12.0 Å². The van der Waals surface area contributed by atoms with Crippen molar-refractivity contribution in [3.63, 3.8) is 0 Å². The number of esters is 1. The highest BCUT2D eigenvalue weighted by Crippen LogP contribution is 2.20. The van der Waals surface area contributed by atoms with Gasteiger partial charge in [-0.1, -0.05) is 22.6 Å². The second-order valence-corrected chi connectivity index (χ2v) is 6.31. The summed E-state index contributed by atoms with van der Waals surface area (Å²) in [7, 11) is 1.34. The number of thiophene rings is 1. The molecule has 0 spiro atoms. The van der Waals surface area contributed by atoms with Crippen molar-refractivity contribution < 1.29 is 14.3 Å². The van der Waals surface area contributed by atoms with Crippen LogP contribution >= 0.6 is 33.9 Å². The molecule has 17 heavy (non-hydrogen) atoms. The lowest BCUT2D eigenvalue weighted by Crippen LogP contribution is -2.33. The Labute approximate surface area is 118 Å². The van der Waals surface area contributed by atoms with Crippen molar-refractivity contribution >= 4 is 45.8 Å². The van der Waals surface area contributed by atoms with Gasteiger partial charge in [-0.25, -0.2) is 0 Å². The van der Waals surface area contributed by atoms with Gasteiger partial charge in [0, 0.05) is 11.4 Å². The molecule has 0 aliphatic rings. The molecular formula is C11H14INO3S. The second-order valence-electron chi connectivity index (χ2n) is 3.55. The van der Waals surface area contributed by atoms with Crippen molar-refractivity contribution in [3.8, 4) is 0 Å². The summed E-state index contributed by atoms with van der Waals surface area (Å²) in [6.45, 7) is 4.23. The molecule has 4 nitrogen and oxygen atoms in total. The summed E-state index contributed by atoms with van der Waals surface area (Å²) in [5.74, 6) is -0.471. The minimum Gasteiger partial charge on any atom is -0.468 e. The Kier molecular flexibility index (Phi) is 5.38. The molecule has 1 N–H and O–H groups in total. The lowest BCUT2D eigenvalue weighted by atomic mass is 10.3. The number of aryl methyl sites for hydroxylation is 2. The Balaban J connectivity index is 2.53. The number of hydrogen-bond acceptors (Lipinski definition) is 4. The van der Waals surface area contributed by atoms with Gasteiger partial charge in [0.1, 0.15) is 3.92 Å². The van der Waals surface area contributed by atoms with E-state index in [-0.39, 0.29) is 22.3 Å². The van der Waals surface area contributed by atoms with Crippen molar-refractivity contribution in [1.82, 2.24) is 5.32 Å². The summed E-state index contributed by atoms with van der Waals surface area (Å²) in [6.07, 6.45) is 0. The van der Waals surface area contributed by atoms with Crippen molar-refractivity contribution in [2.24, 2.45) is 0 Å². The molecule has 1 amide bonds. The zero-order valence-corrected chi connectivity index (χ0v) is 12.8. The molecule has 1 aromatic rings. The van der Waals surface area contributed by atoms with E-state index in [0.29, 0.717) is 4.88 Å². The van der Waals surface area contributed by atoms with Crippen molar-refractivity contribution in [2.45, 2.75) is 17.8 Å². The average molecular weight is 367 g/mol. The van der Waals surface area contributed by atoms with Crippen LogP contribution < -0.4 is 5.32 Å². The van der Waals surface area contributed by atoms with Crippen LogP contribution in [-0.2, 0) is 9.53 Å². The highest BCUT2D eigenvalue weighted by molar-refractivity contribution is 14.1. The molecule has 0 aromatic carbocycles. The summed E-state index contributed by atoms with van der Waals surface area (Å²) >= 11 is 3.40. The standard InChI is InChI=1S/C11H14INO3S/c1-6-4-9(17-7(6)2)10(14)13-5-8(12)11(15)16-3/h4,8H,5H2,1-3H3,(H,13,14). The van der Waals surface area contributed by atoms with Crippen LogP contribution in [0, 0.1) is 13.8 Å². The highest BCUT2D eigenvalue weighted by Gasteiger charge is 2.17. The number of carbonyl (C=O) groups is 2. The maximum Gasteiger partial charge on any atom is 0.320 e. The van der Waals surface area contributed by atoms with Crippen LogP contribution in [-0.4, -0.2) is 29.5 Å². The van der Waals surface area contributed by atoms with E-state index in [4.69, 9.17) is 0 Å². The van der Waals surface area contributed by atoms with E-state index >= 15 is 0 Å². The van der Waals surface area contributed by atoms with Crippen LogP contribution in [0.15, 0.2) is 6.07 Å². The fourth-order valence-corrected chi connectivity index (χ4v) is 2.59. The predicted octanol–water partition coefficient (Wildman–Crippen LogP) is 2.07. The van der Waals surface area contributed by atoms with E-state index in [9.17, 15) is 9.59 Å². The topological polar surface area (TPSA) is 55.4 Å². The number of rotatable bonds is 4. The van der Waals surface area contributed by atoms with Gasteiger partial charge in [-0.2, -0.15) is 0 Å². The SMILES string of the molecule is COC(=O)C(I)CNC(=O)c1cc(C)c(C)s1. The number of ether oxygens (including phenoxy) is 1. The molecule has 0 aliphatic heterocycles. The van der Waals surface area contributed by atoms with Crippen LogP contribution in [0.4, 0.5) is 0 Å². The number of methoxy groups -OCH3 is 1. The molecule has 1 atom stereocenters. The van der Waals surface area contributed by atoms with E-state index in [1.807, 2.05) is 42.5 Å². The zero-order chi connectivity index (χ0) is 13.0. The fraction of sp³-hybridized carbons (Fsp3) is 0.455. The summed E-state index contributed by atoms with van der Waals surface area (Å²) in [5, 5.41) is 2.72. The van der Waals surface area contributed by atoms with Gasteiger partial charge >= 0.3 is 5.97 Å². The van der Waals surface area contributed by atoms with Crippen LogP contribution in [0.25, 0.3) is 0 Å². The van der Waals surface area contributed by atoms with Gasteiger partial charge in [0.2, 0.25) is 0 Å². The minimum absolute atomic E-state index is 0.142. The molecule has 0 saturated heterocycles. The minimum atomic E-state index is -0.358. The first-order valence-electron chi connectivity index (χ1n) is 5.02. The van der Waals surface area contributed by atoms with Gasteiger partial charge < -0.3 is 10.1 Å². The van der Waals surface area contributed by atoms with Crippen molar-refractivity contribution in [1.29, 1.82) is 0 Å². The summed E-state index contributed by atoms with van der Waals surface area (Å²) < 4.78 is 4.22. The molecule has 0 fully saturated rings. The first-order valence-corrected chi connectivity index (χ1v) is 7.09. The molecule has 0 saturated carbocycles. The number of alkyl halides is 1. The van der Waals surface area contributed by atoms with Crippen molar-refractivity contribution in [3.05, 3.63) is 21.4 Å². The van der Waals surface area contributed by atoms with E-state index < -0.39 is 0 Å². The van der Waals surface area contributed by atoms with Gasteiger partial charge in [-0.05, 0) is 25.5 Å². The molecule has 0 aliphatic carbocycles. The third-order valence-electron chi connectivity index (χ3n) is 2.29. The molecule has 94 valence electrons. The van der Waals surface area contributed by atoms with Gasteiger partial charge in [0.15, 0.2) is 0 Å². The van der Waals surface area contributed by atoms with Crippen LogP contribution in [0.5, 0.6) is 0 Å². The molecule has 0 bridgehead atoms. The molecular weight excluding hydrogens is 353 g/mol. The molecule has 1 unspecified atom stereocenters. The van der Waals surface area contributed by atoms with Crippen LogP contribution in [0.2, 0.25) is 0 Å². The number of carbonyl (C=O) groups excluding carboxylic acids is 2. The fourth-order valence-electron chi connectivity index (χ4n) is 1.17. The smallest absolute Gasteiger partial charge is 0.320 e. The number of nitrogens with one attached hydrogen (secondary N) is 1. The highest BCUT2D eigenvalue weighted by atomic mass is 127. The first kappa shape index (κ1) is 14.4. The summed E-state index contributed by atoms with van der Waals surface area (Å²) in [6, 6.07) is 1.86. The Bertz CT molecular complexity index is 411. The van der Waals surface area contributed by atoms with Crippen LogP contribution in [0.3, 0.4) is 0 Å². The largest absolute Gasteiger partial charge is 0.468 e. The number of amides is 1. The Hall–Kier alpha value is -0.630. The zero-order valence-electron chi connectivity index (χ0n) is 9.87. The first-order chi connectivity index (χ1) is 7.95. The maximum atomic E-state index is 11.8. The number of hydrogen-bond donors (Lipinski definition) is 1. The monoisotopic (exact) mass is 367 g/mol.